The highest BCUT2D eigenvalue weighted by atomic mass is 16.5. The molecule has 2 amide bonds. The maximum Gasteiger partial charge on any atom is 0.227 e. The van der Waals surface area contributed by atoms with E-state index < -0.39 is 0 Å². The van der Waals surface area contributed by atoms with Gasteiger partial charge in [-0.1, -0.05) is 48.0 Å². The molecule has 1 saturated heterocycles. The van der Waals surface area contributed by atoms with Crippen molar-refractivity contribution in [2.24, 2.45) is 0 Å². The summed E-state index contributed by atoms with van der Waals surface area (Å²) >= 11 is 0. The first kappa shape index (κ1) is 25.4. The normalized spacial score (nSPS) is 18.9. The molecule has 0 atom stereocenters. The first-order valence-corrected chi connectivity index (χ1v) is 13.0. The van der Waals surface area contributed by atoms with Gasteiger partial charge in [0.05, 0.1) is 6.42 Å². The van der Waals surface area contributed by atoms with Crippen LogP contribution in [0, 0.1) is 6.92 Å². The lowest BCUT2D eigenvalue weighted by Gasteiger charge is -2.36. The number of nitrogens with zero attached hydrogens (tertiary/aromatic N) is 3. The van der Waals surface area contributed by atoms with Crippen molar-refractivity contribution in [1.29, 1.82) is 0 Å². The molecule has 6 heteroatoms. The molecule has 2 heterocycles. The van der Waals surface area contributed by atoms with Crippen LogP contribution in [0.4, 0.5) is 5.69 Å². The van der Waals surface area contributed by atoms with E-state index in [0.29, 0.717) is 32.1 Å². The molecule has 0 N–H and O–H groups in total. The zero-order valence-corrected chi connectivity index (χ0v) is 21.2. The van der Waals surface area contributed by atoms with E-state index in [1.165, 1.54) is 5.56 Å². The highest BCUT2D eigenvalue weighted by molar-refractivity contribution is 5.92. The van der Waals surface area contributed by atoms with Crippen molar-refractivity contribution in [3.8, 4) is 0 Å². The maximum atomic E-state index is 13.5. The standard InChI is InChI=1S/C29H39N3O3/c1-23-8-5-9-25(20-23)21-29(34)31-16-6-14-30(27-12-18-35-19-13-27)15-7-17-32(24(2)33)28-11-4-3-10-26(28)22-31/h3-5,8-11,20,27H,6-7,12-19,21-22H2,1-2H3. The van der Waals surface area contributed by atoms with E-state index >= 15 is 0 Å². The number of anilines is 1. The number of carbonyl (C=O) groups is 2. The van der Waals surface area contributed by atoms with Gasteiger partial charge in [-0.2, -0.15) is 0 Å². The molecular weight excluding hydrogens is 438 g/mol. The van der Waals surface area contributed by atoms with Crippen LogP contribution in [0.3, 0.4) is 0 Å². The number of aryl methyl sites for hydroxylation is 1. The van der Waals surface area contributed by atoms with Crippen LogP contribution in [-0.2, 0) is 27.3 Å². The Bertz CT molecular complexity index is 1000. The molecule has 2 aliphatic rings. The van der Waals surface area contributed by atoms with Crippen molar-refractivity contribution in [2.75, 3.05) is 44.3 Å². The monoisotopic (exact) mass is 477 g/mol. The molecule has 0 aliphatic carbocycles. The van der Waals surface area contributed by atoms with Gasteiger partial charge in [-0.15, -0.1) is 0 Å². The molecule has 0 unspecified atom stereocenters. The summed E-state index contributed by atoms with van der Waals surface area (Å²) in [5, 5.41) is 0. The molecule has 0 aromatic heterocycles. The smallest absolute Gasteiger partial charge is 0.227 e. The average Bonchev–Trinajstić information content (AvgIpc) is 2.84. The van der Waals surface area contributed by atoms with Crippen LogP contribution in [-0.4, -0.2) is 67.0 Å². The minimum atomic E-state index is 0.0461. The molecule has 6 nitrogen and oxygen atoms in total. The number of fused-ring (bicyclic) bond motifs is 1. The van der Waals surface area contributed by atoms with Crippen LogP contribution >= 0.6 is 0 Å². The molecule has 188 valence electrons. The minimum absolute atomic E-state index is 0.0461. The van der Waals surface area contributed by atoms with Crippen LogP contribution in [0.2, 0.25) is 0 Å². The summed E-state index contributed by atoms with van der Waals surface area (Å²) in [4.78, 5) is 32.6. The van der Waals surface area contributed by atoms with Gasteiger partial charge in [-0.05, 0) is 49.8 Å². The number of para-hydroxylation sites is 1. The zero-order valence-electron chi connectivity index (χ0n) is 21.2. The number of rotatable bonds is 3. The molecule has 4 rings (SSSR count). The first-order chi connectivity index (χ1) is 17.0. The van der Waals surface area contributed by atoms with E-state index in [9.17, 15) is 9.59 Å². The maximum absolute atomic E-state index is 13.5. The predicted molar refractivity (Wildman–Crippen MR) is 139 cm³/mol. The molecule has 2 aromatic rings. The second-order valence-corrected chi connectivity index (χ2v) is 9.87. The van der Waals surface area contributed by atoms with Gasteiger partial charge in [0.25, 0.3) is 0 Å². The lowest BCUT2D eigenvalue weighted by Crippen LogP contribution is -2.44. The van der Waals surface area contributed by atoms with Crippen molar-refractivity contribution in [3.63, 3.8) is 0 Å². The summed E-state index contributed by atoms with van der Waals surface area (Å²) in [7, 11) is 0. The Morgan fingerprint density at radius 2 is 1.69 bits per heavy atom. The van der Waals surface area contributed by atoms with E-state index in [2.05, 4.69) is 30.0 Å². The third kappa shape index (κ3) is 6.92. The summed E-state index contributed by atoms with van der Waals surface area (Å²) in [6, 6.07) is 16.8. The van der Waals surface area contributed by atoms with E-state index in [1.807, 2.05) is 40.1 Å². The fourth-order valence-corrected chi connectivity index (χ4v) is 5.39. The Balaban J connectivity index is 1.59. The van der Waals surface area contributed by atoms with Crippen LogP contribution in [0.1, 0.15) is 49.3 Å². The minimum Gasteiger partial charge on any atom is -0.381 e. The SMILES string of the molecule is CC(=O)N1CCCN(C2CCOCC2)CCCN(C(=O)Cc2cccc(C)c2)Cc2ccccc21. The quantitative estimate of drug-likeness (QED) is 0.665. The second kappa shape index (κ2) is 12.3. The highest BCUT2D eigenvalue weighted by Crippen LogP contribution is 2.25. The molecule has 2 aliphatic heterocycles. The number of carbonyl (C=O) groups excluding carboxylic acids is 2. The number of hydrogen-bond donors (Lipinski definition) is 0. The van der Waals surface area contributed by atoms with Gasteiger partial charge in [0.15, 0.2) is 0 Å². The molecule has 0 bridgehead atoms. The summed E-state index contributed by atoms with van der Waals surface area (Å²) in [6.07, 6.45) is 4.37. The van der Waals surface area contributed by atoms with Gasteiger partial charge in [-0.3, -0.25) is 9.59 Å². The lowest BCUT2D eigenvalue weighted by atomic mass is 10.0. The topological polar surface area (TPSA) is 53.1 Å². The Morgan fingerprint density at radius 1 is 0.943 bits per heavy atom. The highest BCUT2D eigenvalue weighted by Gasteiger charge is 2.25. The van der Waals surface area contributed by atoms with Crippen molar-refractivity contribution in [3.05, 3.63) is 65.2 Å². The predicted octanol–water partition coefficient (Wildman–Crippen LogP) is 4.19. The van der Waals surface area contributed by atoms with Crippen LogP contribution in [0.25, 0.3) is 0 Å². The molecule has 2 aromatic carbocycles. The summed E-state index contributed by atoms with van der Waals surface area (Å²) in [5.41, 5.74) is 4.16. The molecule has 0 saturated carbocycles. The van der Waals surface area contributed by atoms with E-state index in [-0.39, 0.29) is 11.8 Å². The third-order valence-corrected chi connectivity index (χ3v) is 7.22. The Labute approximate surface area is 209 Å². The molecule has 35 heavy (non-hydrogen) atoms. The number of amides is 2. The second-order valence-electron chi connectivity index (χ2n) is 9.87. The van der Waals surface area contributed by atoms with E-state index in [0.717, 1.165) is 68.8 Å². The van der Waals surface area contributed by atoms with Crippen molar-refractivity contribution in [1.82, 2.24) is 9.80 Å². The van der Waals surface area contributed by atoms with Crippen molar-refractivity contribution < 1.29 is 14.3 Å². The molecular formula is C29H39N3O3. The van der Waals surface area contributed by atoms with Gasteiger partial charge >= 0.3 is 0 Å². The summed E-state index contributed by atoms with van der Waals surface area (Å²) < 4.78 is 5.60. The molecule has 0 spiro atoms. The van der Waals surface area contributed by atoms with Gasteiger partial charge in [-0.25, -0.2) is 0 Å². The van der Waals surface area contributed by atoms with Gasteiger partial charge < -0.3 is 19.4 Å². The van der Waals surface area contributed by atoms with Crippen LogP contribution in [0.5, 0.6) is 0 Å². The number of hydrogen-bond acceptors (Lipinski definition) is 4. The van der Waals surface area contributed by atoms with Crippen molar-refractivity contribution in [2.45, 2.75) is 58.5 Å². The first-order valence-electron chi connectivity index (χ1n) is 13.0. The lowest BCUT2D eigenvalue weighted by molar-refractivity contribution is -0.131. The fourth-order valence-electron chi connectivity index (χ4n) is 5.39. The summed E-state index contributed by atoms with van der Waals surface area (Å²) in [6.45, 7) is 9.14. The summed E-state index contributed by atoms with van der Waals surface area (Å²) in [5.74, 6) is 0.180. The van der Waals surface area contributed by atoms with Crippen molar-refractivity contribution >= 4 is 17.5 Å². The van der Waals surface area contributed by atoms with Gasteiger partial charge in [0.2, 0.25) is 11.8 Å². The average molecular weight is 478 g/mol. The van der Waals surface area contributed by atoms with E-state index in [4.69, 9.17) is 4.74 Å². The molecule has 0 radical (unpaired) electrons. The van der Waals surface area contributed by atoms with Gasteiger partial charge in [0, 0.05) is 64.6 Å². The Hall–Kier alpha value is -2.70. The van der Waals surface area contributed by atoms with Gasteiger partial charge in [0.1, 0.15) is 0 Å². The number of ether oxygens (including phenoxy) is 1. The van der Waals surface area contributed by atoms with Crippen LogP contribution < -0.4 is 4.90 Å². The van der Waals surface area contributed by atoms with Crippen LogP contribution in [0.15, 0.2) is 48.5 Å². The fraction of sp³-hybridized carbons (Fsp3) is 0.517. The number of benzene rings is 2. The Morgan fingerprint density at radius 3 is 2.43 bits per heavy atom. The third-order valence-electron chi connectivity index (χ3n) is 7.22. The van der Waals surface area contributed by atoms with E-state index in [1.54, 1.807) is 6.92 Å². The zero-order chi connectivity index (χ0) is 24.6. The Kier molecular flexibility index (Phi) is 8.94. The largest absolute Gasteiger partial charge is 0.381 e. The molecule has 1 fully saturated rings.